The Morgan fingerprint density at radius 3 is 2.64 bits per heavy atom. The second-order valence-corrected chi connectivity index (χ2v) is 2.11. The number of hydrogen-bond acceptors (Lipinski definition) is 3. The number of benzene rings is 1. The fourth-order valence-electron chi connectivity index (χ4n) is 0.881. The van der Waals surface area contributed by atoms with E-state index in [1.165, 1.54) is 6.34 Å². The van der Waals surface area contributed by atoms with E-state index in [9.17, 15) is 0 Å². The summed E-state index contributed by atoms with van der Waals surface area (Å²) in [6.07, 6.45) is 1.39. The highest BCUT2D eigenvalue weighted by Crippen LogP contribution is 2.02. The fraction of sp³-hybridized carbons (Fsp3) is 0. The van der Waals surface area contributed by atoms with E-state index in [1.54, 1.807) is 0 Å². The largest absolute Gasteiger partial charge is 0.389 e. The molecule has 3 nitrogen and oxygen atoms in total. The van der Waals surface area contributed by atoms with Gasteiger partial charge >= 0.3 is 12.2 Å². The van der Waals surface area contributed by atoms with E-state index in [0.29, 0.717) is 5.90 Å². The van der Waals surface area contributed by atoms with E-state index >= 15 is 0 Å². The summed E-state index contributed by atoms with van der Waals surface area (Å²) in [5, 5.41) is 3.51. The molecule has 3 heteroatoms. The van der Waals surface area contributed by atoms with Crippen molar-refractivity contribution in [1.82, 2.24) is 5.16 Å². The fourth-order valence-corrected chi connectivity index (χ4v) is 0.881. The Kier molecular flexibility index (Phi) is 1.41. The molecule has 1 aliphatic rings. The van der Waals surface area contributed by atoms with Crippen molar-refractivity contribution in [3.05, 3.63) is 35.9 Å². The molecular weight excluding hydrogens is 140 g/mol. The average molecular weight is 146 g/mol. The molecule has 1 heterocycles. The summed E-state index contributed by atoms with van der Waals surface area (Å²) < 4.78 is 0. The van der Waals surface area contributed by atoms with Crippen LogP contribution in [0.4, 0.5) is 0 Å². The summed E-state index contributed by atoms with van der Waals surface area (Å²) in [5.41, 5.74) is 0.949. The van der Waals surface area contributed by atoms with Crippen LogP contribution in [0.15, 0.2) is 35.3 Å². The zero-order valence-electron chi connectivity index (χ0n) is 5.77. The molecule has 0 atom stereocenters. The van der Waals surface area contributed by atoms with E-state index in [1.807, 2.05) is 30.3 Å². The molecule has 0 aliphatic carbocycles. The molecule has 1 radical (unpaired) electrons. The lowest BCUT2D eigenvalue weighted by atomic mass is 10.2. The van der Waals surface area contributed by atoms with Crippen LogP contribution in [-0.4, -0.2) is 12.2 Å². The average Bonchev–Trinajstić information content (AvgIpc) is 2.58. The van der Waals surface area contributed by atoms with Crippen LogP contribution < -0.4 is 5.16 Å². The Morgan fingerprint density at radius 1 is 1.18 bits per heavy atom. The van der Waals surface area contributed by atoms with Gasteiger partial charge in [0.25, 0.3) is 0 Å². The maximum atomic E-state index is 4.86. The van der Waals surface area contributed by atoms with Crippen molar-refractivity contribution in [3.8, 4) is 0 Å². The van der Waals surface area contributed by atoms with E-state index in [4.69, 9.17) is 4.84 Å². The first-order chi connectivity index (χ1) is 5.47. The molecular formula is C8H6N2O+. The van der Waals surface area contributed by atoms with Crippen LogP contribution in [0.25, 0.3) is 0 Å². The summed E-state index contributed by atoms with van der Waals surface area (Å²) in [4.78, 5) is 8.77. The molecule has 0 fully saturated rings. The maximum absolute atomic E-state index is 4.86. The van der Waals surface area contributed by atoms with Crippen molar-refractivity contribution in [1.29, 1.82) is 0 Å². The van der Waals surface area contributed by atoms with Gasteiger partial charge in [0.2, 0.25) is 0 Å². The molecule has 1 aliphatic heterocycles. The van der Waals surface area contributed by atoms with Crippen molar-refractivity contribution in [3.63, 3.8) is 0 Å². The second kappa shape index (κ2) is 2.54. The van der Waals surface area contributed by atoms with Gasteiger partial charge in [-0.05, 0) is 12.1 Å². The summed E-state index contributed by atoms with van der Waals surface area (Å²) in [5.74, 6) is 0.561. The lowest BCUT2D eigenvalue weighted by Crippen LogP contribution is -2.01. The van der Waals surface area contributed by atoms with E-state index < -0.39 is 0 Å². The molecule has 0 aromatic heterocycles. The third-order valence-corrected chi connectivity index (χ3v) is 1.38. The standard InChI is InChI=1S/C8H6N2O/c1-2-4-7(5-3-1)8-9-6-10-11-8/h1-6H/q+1. The topological polar surface area (TPSA) is 35.7 Å². The lowest BCUT2D eigenvalue weighted by Gasteiger charge is -1.88. The molecule has 1 aromatic carbocycles. The Labute approximate surface area is 64.0 Å². The first-order valence-electron chi connectivity index (χ1n) is 3.29. The second-order valence-electron chi connectivity index (χ2n) is 2.11. The van der Waals surface area contributed by atoms with Crippen LogP contribution in [-0.2, 0) is 4.84 Å². The van der Waals surface area contributed by atoms with Crippen molar-refractivity contribution < 1.29 is 4.84 Å². The Bertz CT molecular complexity index is 303. The summed E-state index contributed by atoms with van der Waals surface area (Å²) >= 11 is 0. The smallest absolute Gasteiger partial charge is 0.208 e. The first kappa shape index (κ1) is 6.09. The lowest BCUT2D eigenvalue weighted by molar-refractivity contribution is 0.281. The Hall–Kier alpha value is -1.64. The molecule has 0 saturated carbocycles. The predicted octanol–water partition coefficient (Wildman–Crippen LogP) is 0.743. The monoisotopic (exact) mass is 146 g/mol. The molecule has 0 N–H and O–H groups in total. The summed E-state index contributed by atoms with van der Waals surface area (Å²) in [6.45, 7) is 0. The number of nitrogens with zero attached hydrogens (tertiary/aromatic N) is 2. The van der Waals surface area contributed by atoms with Crippen molar-refractivity contribution in [2.24, 2.45) is 4.99 Å². The minimum Gasteiger partial charge on any atom is -0.208 e. The van der Waals surface area contributed by atoms with Crippen LogP contribution >= 0.6 is 0 Å². The van der Waals surface area contributed by atoms with Gasteiger partial charge in [-0.2, -0.15) is 0 Å². The van der Waals surface area contributed by atoms with Gasteiger partial charge in [0.1, 0.15) is 0 Å². The molecule has 2 rings (SSSR count). The zero-order valence-corrected chi connectivity index (χ0v) is 5.77. The summed E-state index contributed by atoms with van der Waals surface area (Å²) in [7, 11) is 0. The highest BCUT2D eigenvalue weighted by Gasteiger charge is 2.17. The molecule has 1 aromatic rings. The number of aliphatic imine (C=N–C) groups is 1. The molecule has 0 unspecified atom stereocenters. The SMILES string of the molecule is C1=[N+]OC(c2ccccc2)=N1. The van der Waals surface area contributed by atoms with Gasteiger partial charge in [0, 0.05) is 4.99 Å². The van der Waals surface area contributed by atoms with Crippen LogP contribution in [0.1, 0.15) is 5.56 Å². The van der Waals surface area contributed by atoms with Gasteiger partial charge in [-0.25, -0.2) is 4.84 Å². The molecule has 0 saturated heterocycles. The highest BCUT2D eigenvalue weighted by molar-refractivity contribution is 5.99. The van der Waals surface area contributed by atoms with Gasteiger partial charge < -0.3 is 0 Å². The number of hydrogen-bond donors (Lipinski definition) is 0. The number of rotatable bonds is 1. The molecule has 0 spiro atoms. The van der Waals surface area contributed by atoms with Gasteiger partial charge in [0.15, 0.2) is 5.16 Å². The van der Waals surface area contributed by atoms with Crippen molar-refractivity contribution in [2.45, 2.75) is 0 Å². The van der Waals surface area contributed by atoms with E-state index in [-0.39, 0.29) is 0 Å². The van der Waals surface area contributed by atoms with Gasteiger partial charge in [-0.15, -0.1) is 0 Å². The van der Waals surface area contributed by atoms with Crippen LogP contribution in [0.2, 0.25) is 0 Å². The third-order valence-electron chi connectivity index (χ3n) is 1.38. The van der Waals surface area contributed by atoms with Crippen LogP contribution in [0, 0.1) is 0 Å². The Balaban J connectivity index is 2.31. The quantitative estimate of drug-likeness (QED) is 0.575. The first-order valence-corrected chi connectivity index (χ1v) is 3.29. The van der Waals surface area contributed by atoms with Crippen molar-refractivity contribution >= 4 is 12.2 Å². The minimum absolute atomic E-state index is 0.561. The third kappa shape index (κ3) is 1.12. The van der Waals surface area contributed by atoms with Gasteiger partial charge in [-0.3, -0.25) is 0 Å². The maximum Gasteiger partial charge on any atom is 0.389 e. The molecule has 11 heavy (non-hydrogen) atoms. The number of oxime groups is 1. The molecule has 0 amide bonds. The molecule has 0 bridgehead atoms. The zero-order chi connectivity index (χ0) is 7.52. The van der Waals surface area contributed by atoms with Gasteiger partial charge in [0.05, 0.1) is 5.56 Å². The predicted molar refractivity (Wildman–Crippen MR) is 42.3 cm³/mol. The van der Waals surface area contributed by atoms with E-state index in [0.717, 1.165) is 5.56 Å². The normalized spacial score (nSPS) is 14.4. The van der Waals surface area contributed by atoms with Crippen molar-refractivity contribution in [2.75, 3.05) is 0 Å². The van der Waals surface area contributed by atoms with Crippen LogP contribution in [0.5, 0.6) is 0 Å². The van der Waals surface area contributed by atoms with Gasteiger partial charge in [-0.1, -0.05) is 18.2 Å². The minimum atomic E-state index is 0.561. The molecule has 53 valence electrons. The van der Waals surface area contributed by atoms with E-state index in [2.05, 4.69) is 10.1 Å². The summed E-state index contributed by atoms with van der Waals surface area (Å²) in [6, 6.07) is 9.65. The highest BCUT2D eigenvalue weighted by atomic mass is 16.6. The van der Waals surface area contributed by atoms with Crippen LogP contribution in [0.3, 0.4) is 0 Å². The Morgan fingerprint density at radius 2 is 2.00 bits per heavy atom.